The lowest BCUT2D eigenvalue weighted by Crippen LogP contribution is -2.11. The fraction of sp³-hybridized carbons (Fsp3) is 0.279. The fourth-order valence-electron chi connectivity index (χ4n) is 5.23. The van der Waals surface area contributed by atoms with E-state index in [-0.39, 0.29) is 0 Å². The number of fused-ring (bicyclic) bond motifs is 3. The van der Waals surface area contributed by atoms with Gasteiger partial charge < -0.3 is 4.79 Å². The van der Waals surface area contributed by atoms with Crippen molar-refractivity contribution < 1.29 is 4.79 Å². The van der Waals surface area contributed by atoms with Crippen LogP contribution in [0.5, 0.6) is 0 Å². The maximum atomic E-state index is 8.00. The first-order valence-electron chi connectivity index (χ1n) is 15.7. The Hall–Kier alpha value is -4.41. The lowest BCUT2D eigenvalue weighted by molar-refractivity contribution is -0.0980. The summed E-state index contributed by atoms with van der Waals surface area (Å²) in [7, 11) is 0. The number of benzene rings is 3. The van der Waals surface area contributed by atoms with E-state index in [9.17, 15) is 0 Å². The molecule has 3 aromatic rings. The van der Waals surface area contributed by atoms with E-state index in [1.807, 2.05) is 38.0 Å². The van der Waals surface area contributed by atoms with Gasteiger partial charge in [-0.05, 0) is 109 Å². The number of hydrogen-bond donors (Lipinski definition) is 0. The number of unbranched alkanes of at least 4 members (excludes halogenated alkanes) is 3. The summed E-state index contributed by atoms with van der Waals surface area (Å²) in [6.45, 7) is 22.9. The fourth-order valence-corrected chi connectivity index (χ4v) is 5.23. The average molecular weight is 585 g/mol. The van der Waals surface area contributed by atoms with Crippen LogP contribution in [0.1, 0.15) is 92.5 Å². The maximum absolute atomic E-state index is 8.00. The Kier molecular flexibility index (Phi) is 19.7. The van der Waals surface area contributed by atoms with Crippen LogP contribution in [0.25, 0.3) is 23.3 Å². The molecule has 0 saturated carbocycles. The van der Waals surface area contributed by atoms with Gasteiger partial charge in [-0.1, -0.05) is 137 Å². The van der Waals surface area contributed by atoms with E-state index in [0.29, 0.717) is 5.92 Å². The van der Waals surface area contributed by atoms with Gasteiger partial charge in [0, 0.05) is 0 Å². The normalized spacial score (nSPS) is 12.1. The summed E-state index contributed by atoms with van der Waals surface area (Å²) < 4.78 is 0. The van der Waals surface area contributed by atoms with Gasteiger partial charge in [-0.3, -0.25) is 0 Å². The molecule has 0 heterocycles. The highest BCUT2D eigenvalue weighted by Crippen LogP contribution is 2.42. The second-order valence-corrected chi connectivity index (χ2v) is 10.7. The molecule has 0 aliphatic heterocycles. The van der Waals surface area contributed by atoms with Gasteiger partial charge in [0.05, 0.1) is 0 Å². The van der Waals surface area contributed by atoms with Crippen molar-refractivity contribution in [3.05, 3.63) is 156 Å². The van der Waals surface area contributed by atoms with Crippen molar-refractivity contribution in [3.63, 3.8) is 0 Å². The van der Waals surface area contributed by atoms with Crippen molar-refractivity contribution >= 4 is 18.9 Å². The van der Waals surface area contributed by atoms with E-state index in [4.69, 9.17) is 4.79 Å². The van der Waals surface area contributed by atoms with Gasteiger partial charge in [-0.2, -0.15) is 0 Å². The zero-order valence-electron chi connectivity index (χ0n) is 27.4. The van der Waals surface area contributed by atoms with Gasteiger partial charge in [0.2, 0.25) is 0 Å². The summed E-state index contributed by atoms with van der Waals surface area (Å²) in [6.07, 6.45) is 19.7. The molecule has 1 aliphatic carbocycles. The third-order valence-corrected chi connectivity index (χ3v) is 7.66. The Labute approximate surface area is 268 Å². The zero-order valence-corrected chi connectivity index (χ0v) is 27.4. The number of aryl methyl sites for hydroxylation is 1. The highest BCUT2D eigenvalue weighted by molar-refractivity contribution is 5.75. The summed E-state index contributed by atoms with van der Waals surface area (Å²) in [5, 5.41) is 0. The molecule has 0 fully saturated rings. The van der Waals surface area contributed by atoms with E-state index in [1.165, 1.54) is 71.0 Å². The second kappa shape index (κ2) is 23.1. The van der Waals surface area contributed by atoms with Crippen LogP contribution in [-0.2, 0) is 11.2 Å². The summed E-state index contributed by atoms with van der Waals surface area (Å²) >= 11 is 0. The largest absolute Gasteiger partial charge is 0.307 e. The minimum Gasteiger partial charge on any atom is -0.307 e. The molecule has 0 aromatic heterocycles. The Morgan fingerprint density at radius 2 is 1.64 bits per heavy atom. The van der Waals surface area contributed by atoms with Gasteiger partial charge in [-0.25, -0.2) is 0 Å². The Bertz CT molecular complexity index is 1420. The number of carbonyl (C=O) groups excluding carboxylic acids is 1. The Morgan fingerprint density at radius 3 is 2.25 bits per heavy atom. The molecule has 3 aromatic carbocycles. The number of carbonyl (C=O) groups is 1. The molecular formula is C43H52O. The molecule has 230 valence electrons. The van der Waals surface area contributed by atoms with Crippen LogP contribution in [0.2, 0.25) is 0 Å². The predicted octanol–water partition coefficient (Wildman–Crippen LogP) is 12.5. The van der Waals surface area contributed by atoms with Gasteiger partial charge in [0.15, 0.2) is 0 Å². The number of allylic oxidation sites excluding steroid dienone is 4. The lowest BCUT2D eigenvalue weighted by atomic mass is 9.76. The van der Waals surface area contributed by atoms with E-state index in [1.54, 1.807) is 6.08 Å². The number of hydrogen-bond acceptors (Lipinski definition) is 1. The SMILES string of the molecule is C=C=C(C=C)CCCC1Cc2cc(/C=C\CCCCC)ccc2-c2ccccc21.C=C=CC.C=Cc1ccccc1C.C=O. The highest BCUT2D eigenvalue weighted by Gasteiger charge is 2.24. The van der Waals surface area contributed by atoms with E-state index in [0.717, 1.165) is 24.8 Å². The van der Waals surface area contributed by atoms with Crippen molar-refractivity contribution in [2.45, 2.75) is 78.1 Å². The maximum Gasteiger partial charge on any atom is 0.106 e. The monoisotopic (exact) mass is 584 g/mol. The van der Waals surface area contributed by atoms with Crippen LogP contribution < -0.4 is 0 Å². The van der Waals surface area contributed by atoms with Crippen LogP contribution in [0.4, 0.5) is 0 Å². The molecule has 0 bridgehead atoms. The zero-order chi connectivity index (χ0) is 32.6. The van der Waals surface area contributed by atoms with Gasteiger partial charge in [0.25, 0.3) is 0 Å². The minimum absolute atomic E-state index is 0.582. The van der Waals surface area contributed by atoms with Crippen LogP contribution in [0.15, 0.2) is 128 Å². The molecule has 4 rings (SSSR count). The standard InChI is InChI=1S/C29H34.C9H10.C4H6.CH2O/c1-4-7-8-9-10-14-24-19-20-28-26(21-24)22-25(16-13-15-23(5-2)6-3)27-17-11-12-18-29(27)28;1-3-9-7-5-4-6-8(9)2;1-3-4-2;1-2/h5,10-12,14,17-21,25H,2-4,7-9,13,15-16,22H2,1H3;3-7H,1H2,2H3;4H,1H2,2H3;1H2/b14-10-;;;. The first kappa shape index (κ1) is 37.6. The summed E-state index contributed by atoms with van der Waals surface area (Å²) in [5.74, 6) is 0.582. The highest BCUT2D eigenvalue weighted by atomic mass is 16.1. The first-order chi connectivity index (χ1) is 21.5. The van der Waals surface area contributed by atoms with Crippen LogP contribution in [-0.4, -0.2) is 6.79 Å². The summed E-state index contributed by atoms with van der Waals surface area (Å²) in [6, 6.07) is 24.2. The molecule has 0 radical (unpaired) electrons. The van der Waals surface area contributed by atoms with Crippen molar-refractivity contribution in [2.75, 3.05) is 0 Å². The molecule has 0 saturated heterocycles. The van der Waals surface area contributed by atoms with Crippen molar-refractivity contribution in [3.8, 4) is 11.1 Å². The van der Waals surface area contributed by atoms with E-state index in [2.05, 4.69) is 118 Å². The van der Waals surface area contributed by atoms with Gasteiger partial charge >= 0.3 is 0 Å². The van der Waals surface area contributed by atoms with Crippen molar-refractivity contribution in [2.24, 2.45) is 0 Å². The van der Waals surface area contributed by atoms with Crippen molar-refractivity contribution in [1.29, 1.82) is 0 Å². The quantitative estimate of drug-likeness (QED) is 0.124. The lowest BCUT2D eigenvalue weighted by Gasteiger charge is -2.28. The molecule has 0 amide bonds. The minimum atomic E-state index is 0.582. The van der Waals surface area contributed by atoms with Gasteiger partial charge in [-0.15, -0.1) is 11.5 Å². The van der Waals surface area contributed by atoms with Crippen LogP contribution in [0, 0.1) is 6.92 Å². The van der Waals surface area contributed by atoms with E-state index < -0.39 is 0 Å². The summed E-state index contributed by atoms with van der Waals surface area (Å²) in [4.78, 5) is 8.00. The third-order valence-electron chi connectivity index (χ3n) is 7.66. The molecule has 0 spiro atoms. The second-order valence-electron chi connectivity index (χ2n) is 10.7. The molecule has 1 unspecified atom stereocenters. The molecule has 1 aliphatic rings. The molecule has 1 heteroatoms. The van der Waals surface area contributed by atoms with Gasteiger partial charge in [0.1, 0.15) is 6.79 Å². The average Bonchev–Trinajstić information content (AvgIpc) is 3.08. The molecule has 44 heavy (non-hydrogen) atoms. The Balaban J connectivity index is 0.000000533. The Morgan fingerprint density at radius 1 is 0.932 bits per heavy atom. The van der Waals surface area contributed by atoms with E-state index >= 15 is 0 Å². The third kappa shape index (κ3) is 12.8. The molecule has 1 atom stereocenters. The smallest absolute Gasteiger partial charge is 0.106 e. The molecule has 0 N–H and O–H groups in total. The first-order valence-corrected chi connectivity index (χ1v) is 15.7. The number of rotatable bonds is 11. The van der Waals surface area contributed by atoms with Crippen molar-refractivity contribution in [1.82, 2.24) is 0 Å². The van der Waals surface area contributed by atoms with Crippen LogP contribution >= 0.6 is 0 Å². The molecule has 1 nitrogen and oxygen atoms in total. The molecular weight excluding hydrogens is 532 g/mol. The van der Waals surface area contributed by atoms with Crippen LogP contribution in [0.3, 0.4) is 0 Å². The predicted molar refractivity (Wildman–Crippen MR) is 196 cm³/mol. The topological polar surface area (TPSA) is 17.1 Å². The summed E-state index contributed by atoms with van der Waals surface area (Å²) in [5.41, 5.74) is 16.4.